The molecule has 0 aliphatic heterocycles. The Hall–Kier alpha value is -2.14. The van der Waals surface area contributed by atoms with Crippen molar-refractivity contribution in [2.24, 2.45) is 0 Å². The highest BCUT2D eigenvalue weighted by Crippen LogP contribution is 2.40. The predicted molar refractivity (Wildman–Crippen MR) is 128 cm³/mol. The van der Waals surface area contributed by atoms with Crippen LogP contribution in [0, 0.1) is 0 Å². The smallest absolute Gasteiger partial charge is 0.249 e. The van der Waals surface area contributed by atoms with Gasteiger partial charge in [-0.15, -0.1) is 0 Å². The maximum Gasteiger partial charge on any atom is 0.249 e. The first-order valence-corrected chi connectivity index (χ1v) is 16.0. The van der Waals surface area contributed by atoms with E-state index in [2.05, 4.69) is 29.6 Å². The fraction of sp³-hybridized carbons (Fsp3) is 0.429. The number of aromatic nitrogens is 3. The number of rotatable bonds is 9. The molecule has 32 heavy (non-hydrogen) atoms. The Kier molecular flexibility index (Phi) is 7.18. The van der Waals surface area contributed by atoms with Crippen molar-refractivity contribution >= 4 is 40.5 Å². The molecule has 0 saturated carbocycles. The molecular weight excluding hydrogens is 470 g/mol. The van der Waals surface area contributed by atoms with Crippen LogP contribution in [0.15, 0.2) is 29.6 Å². The molecular formula is C21H28ClN3O5SSi. The predicted octanol–water partition coefficient (Wildman–Crippen LogP) is 4.48. The lowest BCUT2D eigenvalue weighted by Gasteiger charge is -2.16. The van der Waals surface area contributed by atoms with E-state index in [4.69, 9.17) is 25.8 Å². The lowest BCUT2D eigenvalue weighted by atomic mass is 10.1. The second-order valence-corrected chi connectivity index (χ2v) is 16.6. The molecule has 2 aromatic heterocycles. The SMILES string of the molecule is COc1cc(Cl)c(-c2nc(S(C)(=O)=O)nc3c2ccn3COCC[Si](C)(C)C)cc1OC. The van der Waals surface area contributed by atoms with Gasteiger partial charge in [0.1, 0.15) is 12.4 Å². The van der Waals surface area contributed by atoms with Crippen LogP contribution < -0.4 is 9.47 Å². The zero-order valence-electron chi connectivity index (χ0n) is 19.1. The van der Waals surface area contributed by atoms with Crippen molar-refractivity contribution in [1.82, 2.24) is 14.5 Å². The minimum atomic E-state index is -3.68. The van der Waals surface area contributed by atoms with Gasteiger partial charge in [-0.05, 0) is 18.2 Å². The summed E-state index contributed by atoms with van der Waals surface area (Å²) in [6.07, 6.45) is 2.88. The van der Waals surface area contributed by atoms with Crippen molar-refractivity contribution in [2.75, 3.05) is 27.1 Å². The highest BCUT2D eigenvalue weighted by Gasteiger charge is 2.22. The van der Waals surface area contributed by atoms with Crippen molar-refractivity contribution in [3.8, 4) is 22.8 Å². The molecule has 0 atom stereocenters. The molecule has 0 radical (unpaired) electrons. The summed E-state index contributed by atoms with van der Waals surface area (Å²) in [7, 11) is -1.86. The summed E-state index contributed by atoms with van der Waals surface area (Å²) in [5.74, 6) is 0.914. The van der Waals surface area contributed by atoms with E-state index in [0.717, 1.165) is 12.3 Å². The average Bonchev–Trinajstić information content (AvgIpc) is 3.12. The fourth-order valence-electron chi connectivity index (χ4n) is 3.10. The van der Waals surface area contributed by atoms with Gasteiger partial charge in [0, 0.05) is 44.1 Å². The molecule has 0 unspecified atom stereocenters. The molecule has 0 amide bonds. The Morgan fingerprint density at radius 2 is 1.75 bits per heavy atom. The first-order valence-electron chi connectivity index (χ1n) is 10.0. The summed E-state index contributed by atoms with van der Waals surface area (Å²) in [6, 6.07) is 6.14. The number of hydrogen-bond acceptors (Lipinski definition) is 7. The van der Waals surface area contributed by atoms with Crippen molar-refractivity contribution in [3.05, 3.63) is 29.4 Å². The lowest BCUT2D eigenvalue weighted by Crippen LogP contribution is -2.22. The molecule has 11 heteroatoms. The molecule has 0 aliphatic carbocycles. The maximum atomic E-state index is 12.3. The van der Waals surface area contributed by atoms with Crippen LogP contribution >= 0.6 is 11.6 Å². The molecule has 0 saturated heterocycles. The summed E-state index contributed by atoms with van der Waals surface area (Å²) in [5, 5.41) is 0.717. The molecule has 0 bridgehead atoms. The number of benzene rings is 1. The van der Waals surface area contributed by atoms with Crippen LogP contribution in [-0.4, -0.2) is 58.1 Å². The highest BCUT2D eigenvalue weighted by molar-refractivity contribution is 7.90. The van der Waals surface area contributed by atoms with Gasteiger partial charge < -0.3 is 18.8 Å². The monoisotopic (exact) mass is 497 g/mol. The van der Waals surface area contributed by atoms with E-state index in [9.17, 15) is 8.42 Å². The van der Waals surface area contributed by atoms with Gasteiger partial charge in [0.15, 0.2) is 11.5 Å². The van der Waals surface area contributed by atoms with Crippen molar-refractivity contribution < 1.29 is 22.6 Å². The topological polar surface area (TPSA) is 92.5 Å². The van der Waals surface area contributed by atoms with E-state index in [1.165, 1.54) is 14.2 Å². The summed E-state index contributed by atoms with van der Waals surface area (Å²) in [4.78, 5) is 8.67. The number of sulfone groups is 1. The first-order chi connectivity index (χ1) is 14.9. The fourth-order valence-corrected chi connectivity index (χ4v) is 4.61. The zero-order chi connectivity index (χ0) is 23.7. The number of fused-ring (bicyclic) bond motifs is 1. The van der Waals surface area contributed by atoms with E-state index in [1.807, 2.05) is 6.07 Å². The van der Waals surface area contributed by atoms with E-state index >= 15 is 0 Å². The highest BCUT2D eigenvalue weighted by atomic mass is 35.5. The number of halogens is 1. The third-order valence-corrected chi connectivity index (χ3v) is 7.75. The minimum absolute atomic E-state index is 0.257. The summed E-state index contributed by atoms with van der Waals surface area (Å²) < 4.78 is 43.0. The molecule has 2 heterocycles. The Morgan fingerprint density at radius 1 is 1.09 bits per heavy atom. The van der Waals surface area contributed by atoms with Crippen LogP contribution in [-0.2, 0) is 21.3 Å². The molecule has 3 aromatic rings. The largest absolute Gasteiger partial charge is 0.493 e. The van der Waals surface area contributed by atoms with Gasteiger partial charge in [0.05, 0.1) is 24.9 Å². The Balaban J connectivity index is 2.12. The van der Waals surface area contributed by atoms with Gasteiger partial charge in [-0.2, -0.15) is 4.98 Å². The standard InChI is InChI=1S/C21H28ClN3O5SSi/c1-28-17-11-15(16(22)12-18(17)29-2)19-14-7-8-25(13-30-9-10-32(4,5)6)20(14)24-21(23-19)31(3,26)27/h7-8,11-12H,9-10,13H2,1-6H3. The van der Waals surface area contributed by atoms with Crippen LogP contribution in [0.3, 0.4) is 0 Å². The molecule has 0 aliphatic rings. The van der Waals surface area contributed by atoms with Crippen molar-refractivity contribution in [2.45, 2.75) is 37.6 Å². The van der Waals surface area contributed by atoms with Crippen LogP contribution in [0.4, 0.5) is 0 Å². The molecule has 3 rings (SSSR count). The lowest BCUT2D eigenvalue weighted by molar-refractivity contribution is 0.0898. The summed E-state index contributed by atoms with van der Waals surface area (Å²) >= 11 is 6.52. The quantitative estimate of drug-likeness (QED) is 0.244. The molecule has 8 nitrogen and oxygen atoms in total. The average molecular weight is 498 g/mol. The summed E-state index contributed by atoms with van der Waals surface area (Å²) in [5.41, 5.74) is 1.36. The molecule has 174 valence electrons. The van der Waals surface area contributed by atoms with Crippen LogP contribution in [0.2, 0.25) is 30.7 Å². The molecule has 0 fully saturated rings. The number of methoxy groups -OCH3 is 2. The normalized spacial score (nSPS) is 12.3. The van der Waals surface area contributed by atoms with Crippen LogP contribution in [0.25, 0.3) is 22.3 Å². The number of nitrogens with zero attached hydrogens (tertiary/aromatic N) is 3. The van der Waals surface area contributed by atoms with Gasteiger partial charge in [-0.3, -0.25) is 0 Å². The number of hydrogen-bond donors (Lipinski definition) is 0. The third kappa shape index (κ3) is 5.43. The molecule has 0 N–H and O–H groups in total. The van der Waals surface area contributed by atoms with E-state index < -0.39 is 17.9 Å². The van der Waals surface area contributed by atoms with Gasteiger partial charge in [0.25, 0.3) is 0 Å². The van der Waals surface area contributed by atoms with Crippen LogP contribution in [0.5, 0.6) is 11.5 Å². The van der Waals surface area contributed by atoms with Gasteiger partial charge in [-0.25, -0.2) is 13.4 Å². The van der Waals surface area contributed by atoms with E-state index in [1.54, 1.807) is 22.9 Å². The third-order valence-electron chi connectivity index (χ3n) is 4.88. The van der Waals surface area contributed by atoms with E-state index in [-0.39, 0.29) is 11.9 Å². The maximum absolute atomic E-state index is 12.3. The molecule has 0 spiro atoms. The van der Waals surface area contributed by atoms with E-state index in [0.29, 0.717) is 45.4 Å². The molecule has 1 aromatic carbocycles. The van der Waals surface area contributed by atoms with Gasteiger partial charge in [0.2, 0.25) is 15.0 Å². The van der Waals surface area contributed by atoms with Gasteiger partial charge >= 0.3 is 0 Å². The van der Waals surface area contributed by atoms with Crippen molar-refractivity contribution in [3.63, 3.8) is 0 Å². The first kappa shape index (κ1) is 24.5. The van der Waals surface area contributed by atoms with Crippen LogP contribution in [0.1, 0.15) is 0 Å². The van der Waals surface area contributed by atoms with Crippen molar-refractivity contribution in [1.29, 1.82) is 0 Å². The van der Waals surface area contributed by atoms with Gasteiger partial charge in [-0.1, -0.05) is 31.2 Å². The Bertz CT molecular complexity index is 1240. The summed E-state index contributed by atoms with van der Waals surface area (Å²) in [6.45, 7) is 7.74. The Morgan fingerprint density at radius 3 is 2.34 bits per heavy atom. The zero-order valence-corrected chi connectivity index (χ0v) is 21.7. The number of ether oxygens (including phenoxy) is 3. The minimum Gasteiger partial charge on any atom is -0.493 e. The Labute approximate surface area is 194 Å². The second kappa shape index (κ2) is 9.38. The second-order valence-electron chi connectivity index (χ2n) is 8.68.